The Labute approximate surface area is 119 Å². The van der Waals surface area contributed by atoms with E-state index >= 15 is 0 Å². The van der Waals surface area contributed by atoms with Gasteiger partial charge in [-0.3, -0.25) is 0 Å². The van der Waals surface area contributed by atoms with Crippen molar-refractivity contribution in [3.8, 4) is 0 Å². The maximum Gasteiger partial charge on any atom is 0.146 e. The molecule has 1 aromatic rings. The van der Waals surface area contributed by atoms with E-state index in [1.807, 2.05) is 0 Å². The molecular formula is C15H22ClFN2. The number of halogens is 2. The van der Waals surface area contributed by atoms with E-state index in [0.29, 0.717) is 16.8 Å². The SMILES string of the molecule is CC1CNC(C(C)(C)C)CN1c1cc(Cl)ccc1F. The Hall–Kier alpha value is -0.800. The minimum absolute atomic E-state index is 0.146. The average molecular weight is 285 g/mol. The predicted molar refractivity (Wildman–Crippen MR) is 79.5 cm³/mol. The number of piperazine rings is 1. The zero-order valence-electron chi connectivity index (χ0n) is 12.0. The molecule has 1 fully saturated rings. The molecule has 2 nitrogen and oxygen atoms in total. The monoisotopic (exact) mass is 284 g/mol. The summed E-state index contributed by atoms with van der Waals surface area (Å²) < 4.78 is 14.0. The van der Waals surface area contributed by atoms with Crippen molar-refractivity contribution in [2.45, 2.75) is 39.8 Å². The minimum atomic E-state index is -0.203. The largest absolute Gasteiger partial charge is 0.364 e. The zero-order valence-corrected chi connectivity index (χ0v) is 12.8. The Morgan fingerprint density at radius 2 is 2.05 bits per heavy atom. The second-order valence-electron chi connectivity index (χ2n) is 6.42. The number of rotatable bonds is 1. The molecule has 0 aliphatic carbocycles. The van der Waals surface area contributed by atoms with E-state index in [4.69, 9.17) is 11.6 Å². The number of hydrogen-bond donors (Lipinski definition) is 1. The highest BCUT2D eigenvalue weighted by atomic mass is 35.5. The summed E-state index contributed by atoms with van der Waals surface area (Å²) in [4.78, 5) is 2.12. The van der Waals surface area contributed by atoms with Gasteiger partial charge in [-0.1, -0.05) is 32.4 Å². The van der Waals surface area contributed by atoms with Gasteiger partial charge in [-0.15, -0.1) is 0 Å². The molecular weight excluding hydrogens is 263 g/mol. The molecule has 0 spiro atoms. The molecule has 2 rings (SSSR count). The molecule has 106 valence electrons. The Balaban J connectivity index is 2.28. The highest BCUT2D eigenvalue weighted by molar-refractivity contribution is 6.30. The lowest BCUT2D eigenvalue weighted by Gasteiger charge is -2.45. The second kappa shape index (κ2) is 5.29. The third-order valence-corrected chi connectivity index (χ3v) is 4.07. The average Bonchev–Trinajstić information content (AvgIpc) is 2.32. The van der Waals surface area contributed by atoms with Crippen molar-refractivity contribution in [1.29, 1.82) is 0 Å². The van der Waals surface area contributed by atoms with Gasteiger partial charge >= 0.3 is 0 Å². The maximum atomic E-state index is 14.0. The normalized spacial score (nSPS) is 24.6. The van der Waals surface area contributed by atoms with E-state index in [2.05, 4.69) is 37.9 Å². The van der Waals surface area contributed by atoms with Crippen molar-refractivity contribution >= 4 is 17.3 Å². The Morgan fingerprint density at radius 3 is 2.68 bits per heavy atom. The Morgan fingerprint density at radius 1 is 1.37 bits per heavy atom. The lowest BCUT2D eigenvalue weighted by atomic mass is 9.84. The summed E-state index contributed by atoms with van der Waals surface area (Å²) in [6.45, 7) is 10.4. The van der Waals surface area contributed by atoms with E-state index in [1.165, 1.54) is 6.07 Å². The van der Waals surface area contributed by atoms with Crippen molar-refractivity contribution < 1.29 is 4.39 Å². The molecule has 1 aliphatic rings. The molecule has 19 heavy (non-hydrogen) atoms. The maximum absolute atomic E-state index is 14.0. The molecule has 0 saturated carbocycles. The molecule has 1 aromatic carbocycles. The van der Waals surface area contributed by atoms with Crippen LogP contribution in [-0.4, -0.2) is 25.2 Å². The van der Waals surface area contributed by atoms with Crippen LogP contribution in [0.1, 0.15) is 27.7 Å². The fourth-order valence-corrected chi connectivity index (χ4v) is 2.65. The third kappa shape index (κ3) is 3.21. The van der Waals surface area contributed by atoms with Crippen LogP contribution < -0.4 is 10.2 Å². The molecule has 0 aromatic heterocycles. The highest BCUT2D eigenvalue weighted by Gasteiger charge is 2.33. The van der Waals surface area contributed by atoms with E-state index < -0.39 is 0 Å². The fraction of sp³-hybridized carbons (Fsp3) is 0.600. The first-order chi connectivity index (χ1) is 8.79. The number of hydrogen-bond acceptors (Lipinski definition) is 2. The minimum Gasteiger partial charge on any atom is -0.364 e. The number of nitrogens with one attached hydrogen (secondary N) is 1. The summed E-state index contributed by atoms with van der Waals surface area (Å²) in [5.74, 6) is -0.203. The summed E-state index contributed by atoms with van der Waals surface area (Å²) in [6, 6.07) is 5.35. The van der Waals surface area contributed by atoms with Crippen LogP contribution in [-0.2, 0) is 0 Å². The Kier molecular flexibility index (Phi) is 4.07. The third-order valence-electron chi connectivity index (χ3n) is 3.83. The predicted octanol–water partition coefficient (Wildman–Crippen LogP) is 3.69. The van der Waals surface area contributed by atoms with E-state index in [-0.39, 0.29) is 17.3 Å². The summed E-state index contributed by atoms with van der Waals surface area (Å²) >= 11 is 6.00. The molecule has 4 heteroatoms. The van der Waals surface area contributed by atoms with Gasteiger partial charge in [-0.25, -0.2) is 4.39 Å². The van der Waals surface area contributed by atoms with Crippen LogP contribution in [0.5, 0.6) is 0 Å². The van der Waals surface area contributed by atoms with Crippen LogP contribution >= 0.6 is 11.6 Å². The lowest BCUT2D eigenvalue weighted by Crippen LogP contribution is -2.59. The van der Waals surface area contributed by atoms with Gasteiger partial charge in [-0.2, -0.15) is 0 Å². The summed E-state index contributed by atoms with van der Waals surface area (Å²) in [5.41, 5.74) is 0.753. The van der Waals surface area contributed by atoms with E-state index in [1.54, 1.807) is 12.1 Å². The Bertz CT molecular complexity index is 456. The van der Waals surface area contributed by atoms with Crippen LogP contribution in [0.15, 0.2) is 18.2 Å². The lowest BCUT2D eigenvalue weighted by molar-refractivity contribution is 0.238. The van der Waals surface area contributed by atoms with E-state index in [0.717, 1.165) is 13.1 Å². The number of anilines is 1. The summed E-state index contributed by atoms with van der Waals surface area (Å²) in [6.07, 6.45) is 0. The molecule has 1 N–H and O–H groups in total. The van der Waals surface area contributed by atoms with Gasteiger partial charge in [0.15, 0.2) is 0 Å². The first kappa shape index (κ1) is 14.6. The molecule has 0 amide bonds. The summed E-state index contributed by atoms with van der Waals surface area (Å²) in [5, 5.41) is 4.12. The van der Waals surface area contributed by atoms with Crippen LogP contribution in [0, 0.1) is 11.2 Å². The van der Waals surface area contributed by atoms with Gasteiger partial charge < -0.3 is 10.2 Å². The molecule has 1 aliphatic heterocycles. The fourth-order valence-electron chi connectivity index (χ4n) is 2.49. The summed E-state index contributed by atoms with van der Waals surface area (Å²) in [7, 11) is 0. The number of benzene rings is 1. The van der Waals surface area contributed by atoms with Crippen molar-refractivity contribution in [3.05, 3.63) is 29.0 Å². The quantitative estimate of drug-likeness (QED) is 0.846. The van der Waals surface area contributed by atoms with Gasteiger partial charge in [0.25, 0.3) is 0 Å². The van der Waals surface area contributed by atoms with Gasteiger partial charge in [0.2, 0.25) is 0 Å². The van der Waals surface area contributed by atoms with Crippen LogP contribution in [0.25, 0.3) is 0 Å². The van der Waals surface area contributed by atoms with Crippen LogP contribution in [0.2, 0.25) is 5.02 Å². The van der Waals surface area contributed by atoms with Crippen molar-refractivity contribution in [2.75, 3.05) is 18.0 Å². The highest BCUT2D eigenvalue weighted by Crippen LogP contribution is 2.30. The van der Waals surface area contributed by atoms with Gasteiger partial charge in [0.05, 0.1) is 5.69 Å². The smallest absolute Gasteiger partial charge is 0.146 e. The van der Waals surface area contributed by atoms with Crippen LogP contribution in [0.4, 0.5) is 10.1 Å². The molecule has 2 atom stereocenters. The van der Waals surface area contributed by atoms with Crippen molar-refractivity contribution in [1.82, 2.24) is 5.32 Å². The molecule has 1 saturated heterocycles. The first-order valence-electron chi connectivity index (χ1n) is 6.74. The first-order valence-corrected chi connectivity index (χ1v) is 7.12. The molecule has 1 heterocycles. The van der Waals surface area contributed by atoms with Gasteiger partial charge in [0, 0.05) is 30.2 Å². The molecule has 2 unspecified atom stereocenters. The van der Waals surface area contributed by atoms with Gasteiger partial charge in [-0.05, 0) is 30.5 Å². The molecule has 0 radical (unpaired) electrons. The van der Waals surface area contributed by atoms with Crippen LogP contribution in [0.3, 0.4) is 0 Å². The van der Waals surface area contributed by atoms with Crippen molar-refractivity contribution in [3.63, 3.8) is 0 Å². The molecule has 0 bridgehead atoms. The topological polar surface area (TPSA) is 15.3 Å². The van der Waals surface area contributed by atoms with Crippen molar-refractivity contribution in [2.24, 2.45) is 5.41 Å². The number of nitrogens with zero attached hydrogens (tertiary/aromatic N) is 1. The standard InChI is InChI=1S/C15H22ClFN2/c1-10-8-18-14(15(2,3)4)9-19(10)13-7-11(16)5-6-12(13)17/h5-7,10,14,18H,8-9H2,1-4H3. The second-order valence-corrected chi connectivity index (χ2v) is 6.86. The van der Waals surface area contributed by atoms with E-state index in [9.17, 15) is 4.39 Å². The zero-order chi connectivity index (χ0) is 14.2. The van der Waals surface area contributed by atoms with Gasteiger partial charge in [0.1, 0.15) is 5.82 Å².